The lowest BCUT2D eigenvalue weighted by Crippen LogP contribution is -2.19. The van der Waals surface area contributed by atoms with Gasteiger partial charge in [-0.3, -0.25) is 4.79 Å². The number of ether oxygens (including phenoxy) is 4. The van der Waals surface area contributed by atoms with Crippen LogP contribution in [-0.4, -0.2) is 29.9 Å². The maximum Gasteiger partial charge on any atom is 0.262 e. The molecule has 5 rings (SSSR count). The molecule has 0 amide bonds. The zero-order valence-corrected chi connectivity index (χ0v) is 14.7. The topological polar surface area (TPSA) is 79.2 Å². The molecule has 0 saturated heterocycles. The third-order valence-electron chi connectivity index (χ3n) is 5.00. The van der Waals surface area contributed by atoms with Gasteiger partial charge >= 0.3 is 0 Å². The first kappa shape index (κ1) is 16.0. The molecule has 0 saturated carbocycles. The largest absolute Gasteiger partial charge is 0.454 e. The van der Waals surface area contributed by atoms with Gasteiger partial charge in [-0.2, -0.15) is 0 Å². The summed E-state index contributed by atoms with van der Waals surface area (Å²) in [6.45, 7) is 0.270. The van der Waals surface area contributed by atoms with E-state index in [0.717, 1.165) is 22.2 Å². The van der Waals surface area contributed by atoms with Gasteiger partial charge in [0.15, 0.2) is 23.0 Å². The molecular formula is C20H17NO6. The van der Waals surface area contributed by atoms with Crippen LogP contribution in [0.2, 0.25) is 0 Å². The van der Waals surface area contributed by atoms with Crippen molar-refractivity contribution < 1.29 is 24.1 Å². The van der Waals surface area contributed by atoms with Crippen molar-refractivity contribution in [1.82, 2.24) is 4.57 Å². The van der Waals surface area contributed by atoms with Crippen molar-refractivity contribution in [3.05, 3.63) is 46.2 Å². The summed E-state index contributed by atoms with van der Waals surface area (Å²) in [6, 6.07) is 9.33. The normalized spacial score (nSPS) is 14.1. The number of nitrogens with zero attached hydrogens (tertiary/aromatic N) is 1. The number of aromatic nitrogens is 1. The average molecular weight is 367 g/mol. The Labute approximate surface area is 154 Å². The van der Waals surface area contributed by atoms with E-state index in [0.29, 0.717) is 34.8 Å². The molecule has 0 spiro atoms. The Morgan fingerprint density at radius 3 is 2.56 bits per heavy atom. The standard InChI is InChI=1S/C20H17NO6/c1-21-14(13-8-17-16(25-9-26-17)7-11(13)4-5-22)6-12-2-3-15-19(27-10-24-15)18(12)20(21)23/h2-3,6-8,22H,4-5,9-10H2,1H3. The van der Waals surface area contributed by atoms with Crippen LogP contribution < -0.4 is 24.5 Å². The van der Waals surface area contributed by atoms with Crippen LogP contribution in [0.25, 0.3) is 22.0 Å². The van der Waals surface area contributed by atoms with Crippen LogP contribution in [0.4, 0.5) is 0 Å². The molecular weight excluding hydrogens is 350 g/mol. The van der Waals surface area contributed by atoms with Gasteiger partial charge in [-0.25, -0.2) is 0 Å². The Bertz CT molecular complexity index is 1130. The number of benzene rings is 2. The van der Waals surface area contributed by atoms with E-state index in [1.54, 1.807) is 11.6 Å². The lowest BCUT2D eigenvalue weighted by atomic mass is 9.98. The zero-order chi connectivity index (χ0) is 18.5. The number of aliphatic hydroxyl groups is 1. The summed E-state index contributed by atoms with van der Waals surface area (Å²) in [5, 5.41) is 10.7. The molecule has 2 aliphatic rings. The molecule has 2 aromatic carbocycles. The smallest absolute Gasteiger partial charge is 0.262 e. The van der Waals surface area contributed by atoms with Crippen LogP contribution in [-0.2, 0) is 13.5 Å². The van der Waals surface area contributed by atoms with Gasteiger partial charge in [0.2, 0.25) is 13.6 Å². The van der Waals surface area contributed by atoms with E-state index >= 15 is 0 Å². The first-order valence-electron chi connectivity index (χ1n) is 8.63. The molecule has 27 heavy (non-hydrogen) atoms. The van der Waals surface area contributed by atoms with Crippen LogP contribution in [0.5, 0.6) is 23.0 Å². The number of fused-ring (bicyclic) bond motifs is 4. The number of rotatable bonds is 3. The van der Waals surface area contributed by atoms with Crippen molar-refractivity contribution in [2.75, 3.05) is 20.2 Å². The highest BCUT2D eigenvalue weighted by Crippen LogP contribution is 2.41. The first-order chi connectivity index (χ1) is 13.2. The second kappa shape index (κ2) is 5.92. The quantitative estimate of drug-likeness (QED) is 0.765. The Balaban J connectivity index is 1.78. The summed E-state index contributed by atoms with van der Waals surface area (Å²) >= 11 is 0. The molecule has 2 aliphatic heterocycles. The average Bonchev–Trinajstić information content (AvgIpc) is 3.32. The van der Waals surface area contributed by atoms with E-state index < -0.39 is 0 Å². The Hall–Kier alpha value is -3.19. The van der Waals surface area contributed by atoms with Crippen LogP contribution >= 0.6 is 0 Å². The minimum atomic E-state index is -0.169. The first-order valence-corrected chi connectivity index (χ1v) is 8.63. The van der Waals surface area contributed by atoms with Crippen LogP contribution in [0, 0.1) is 0 Å². The summed E-state index contributed by atoms with van der Waals surface area (Å²) < 4.78 is 23.4. The molecule has 0 aliphatic carbocycles. The van der Waals surface area contributed by atoms with Gasteiger partial charge in [-0.15, -0.1) is 0 Å². The highest BCUT2D eigenvalue weighted by molar-refractivity contribution is 5.93. The second-order valence-electron chi connectivity index (χ2n) is 6.49. The number of hydrogen-bond donors (Lipinski definition) is 1. The van der Waals surface area contributed by atoms with E-state index in [9.17, 15) is 9.90 Å². The molecule has 0 radical (unpaired) electrons. The fraction of sp³-hybridized carbons (Fsp3) is 0.250. The molecule has 0 bridgehead atoms. The van der Waals surface area contributed by atoms with Gasteiger partial charge in [0, 0.05) is 19.2 Å². The SMILES string of the molecule is Cn1c(-c2cc3c(cc2CCO)OCO3)cc2ccc3c(c2c1=O)OCO3. The van der Waals surface area contributed by atoms with Gasteiger partial charge in [0.05, 0.1) is 11.1 Å². The second-order valence-corrected chi connectivity index (χ2v) is 6.49. The number of pyridine rings is 1. The summed E-state index contributed by atoms with van der Waals surface area (Å²) in [5.74, 6) is 2.35. The van der Waals surface area contributed by atoms with Crippen molar-refractivity contribution in [3.8, 4) is 34.3 Å². The zero-order valence-electron chi connectivity index (χ0n) is 14.7. The molecule has 3 aromatic rings. The van der Waals surface area contributed by atoms with Crippen molar-refractivity contribution >= 4 is 10.8 Å². The molecule has 0 fully saturated rings. The maximum absolute atomic E-state index is 13.1. The molecule has 1 N–H and O–H groups in total. The van der Waals surface area contributed by atoms with Gasteiger partial charge in [-0.1, -0.05) is 6.07 Å². The van der Waals surface area contributed by atoms with Crippen molar-refractivity contribution in [1.29, 1.82) is 0 Å². The third kappa shape index (κ3) is 2.35. The summed E-state index contributed by atoms with van der Waals surface area (Å²) in [5.41, 5.74) is 2.27. The molecule has 138 valence electrons. The van der Waals surface area contributed by atoms with Crippen LogP contribution in [0.3, 0.4) is 0 Å². The molecule has 3 heterocycles. The summed E-state index contributed by atoms with van der Waals surface area (Å²) in [6.07, 6.45) is 0.444. The molecule has 0 unspecified atom stereocenters. The number of hydrogen-bond acceptors (Lipinski definition) is 6. The molecule has 7 heteroatoms. The third-order valence-corrected chi connectivity index (χ3v) is 5.00. The van der Waals surface area contributed by atoms with E-state index in [2.05, 4.69) is 0 Å². The lowest BCUT2D eigenvalue weighted by molar-refractivity contribution is 0.174. The lowest BCUT2D eigenvalue weighted by Gasteiger charge is -2.15. The van der Waals surface area contributed by atoms with Gasteiger partial charge in [-0.05, 0) is 41.6 Å². The fourth-order valence-corrected chi connectivity index (χ4v) is 3.66. The highest BCUT2D eigenvalue weighted by atomic mass is 16.7. The highest BCUT2D eigenvalue weighted by Gasteiger charge is 2.23. The molecule has 0 atom stereocenters. The van der Waals surface area contributed by atoms with E-state index in [1.165, 1.54) is 0 Å². The maximum atomic E-state index is 13.1. The Morgan fingerprint density at radius 1 is 1.00 bits per heavy atom. The van der Waals surface area contributed by atoms with Crippen molar-refractivity contribution in [3.63, 3.8) is 0 Å². The van der Waals surface area contributed by atoms with E-state index in [1.807, 2.05) is 30.3 Å². The van der Waals surface area contributed by atoms with E-state index in [4.69, 9.17) is 18.9 Å². The van der Waals surface area contributed by atoms with Crippen LogP contribution in [0.1, 0.15) is 5.56 Å². The summed E-state index contributed by atoms with van der Waals surface area (Å²) in [7, 11) is 1.72. The summed E-state index contributed by atoms with van der Waals surface area (Å²) in [4.78, 5) is 13.1. The van der Waals surface area contributed by atoms with Crippen LogP contribution in [0.15, 0.2) is 35.1 Å². The van der Waals surface area contributed by atoms with Crippen molar-refractivity contribution in [2.24, 2.45) is 7.05 Å². The van der Waals surface area contributed by atoms with E-state index in [-0.39, 0.29) is 25.8 Å². The Kier molecular flexibility index (Phi) is 3.51. The monoisotopic (exact) mass is 367 g/mol. The van der Waals surface area contributed by atoms with Crippen molar-refractivity contribution in [2.45, 2.75) is 6.42 Å². The van der Waals surface area contributed by atoms with Gasteiger partial charge < -0.3 is 28.6 Å². The fourth-order valence-electron chi connectivity index (χ4n) is 3.66. The molecule has 1 aromatic heterocycles. The Morgan fingerprint density at radius 2 is 1.74 bits per heavy atom. The predicted octanol–water partition coefficient (Wildman–Crippen LogP) is 2.20. The minimum Gasteiger partial charge on any atom is -0.454 e. The molecule has 7 nitrogen and oxygen atoms in total. The van der Waals surface area contributed by atoms with Gasteiger partial charge in [0.25, 0.3) is 5.56 Å². The number of aliphatic hydroxyl groups excluding tert-OH is 1. The minimum absolute atomic E-state index is 0.00708. The van der Waals surface area contributed by atoms with Gasteiger partial charge in [0.1, 0.15) is 0 Å². The predicted molar refractivity (Wildman–Crippen MR) is 97.7 cm³/mol.